The first-order valence-electron chi connectivity index (χ1n) is 6.86. The highest BCUT2D eigenvalue weighted by molar-refractivity contribution is 5.81. The van der Waals surface area contributed by atoms with Gasteiger partial charge in [0.05, 0.1) is 5.69 Å². The molecule has 0 spiro atoms. The normalized spacial score (nSPS) is 24.8. The third-order valence-corrected chi connectivity index (χ3v) is 3.98. The molecule has 2 fully saturated rings. The number of hydrogen-bond donors (Lipinski definition) is 1. The Morgan fingerprint density at radius 1 is 1.37 bits per heavy atom. The molecule has 1 amide bonds. The predicted octanol–water partition coefficient (Wildman–Crippen LogP) is 1.14. The SMILES string of the molecule is Nc1cc(C2CCN(C(=O)C3CCCO3)CC2)no1. The Hall–Kier alpha value is -1.56. The molecule has 6 nitrogen and oxygen atoms in total. The van der Waals surface area contributed by atoms with Crippen LogP contribution in [0.15, 0.2) is 10.6 Å². The molecule has 2 aliphatic rings. The van der Waals surface area contributed by atoms with Crippen molar-refractivity contribution in [3.63, 3.8) is 0 Å². The van der Waals surface area contributed by atoms with Crippen molar-refractivity contribution in [1.29, 1.82) is 0 Å². The number of rotatable bonds is 2. The molecule has 0 saturated carbocycles. The fourth-order valence-electron chi connectivity index (χ4n) is 2.87. The molecule has 0 bridgehead atoms. The molecule has 1 aromatic rings. The Bertz CT molecular complexity index is 446. The van der Waals surface area contributed by atoms with Crippen LogP contribution in [0.25, 0.3) is 0 Å². The number of piperidine rings is 1. The van der Waals surface area contributed by atoms with Gasteiger partial charge >= 0.3 is 0 Å². The summed E-state index contributed by atoms with van der Waals surface area (Å²) in [6, 6.07) is 1.78. The quantitative estimate of drug-likeness (QED) is 0.867. The summed E-state index contributed by atoms with van der Waals surface area (Å²) >= 11 is 0. The number of anilines is 1. The lowest BCUT2D eigenvalue weighted by molar-refractivity contribution is -0.142. The fraction of sp³-hybridized carbons (Fsp3) is 0.692. The van der Waals surface area contributed by atoms with Crippen LogP contribution >= 0.6 is 0 Å². The van der Waals surface area contributed by atoms with E-state index in [4.69, 9.17) is 15.0 Å². The van der Waals surface area contributed by atoms with E-state index in [1.54, 1.807) is 6.07 Å². The molecule has 1 atom stereocenters. The van der Waals surface area contributed by atoms with E-state index in [0.29, 0.717) is 18.4 Å². The number of carbonyl (C=O) groups is 1. The smallest absolute Gasteiger partial charge is 0.251 e. The zero-order valence-corrected chi connectivity index (χ0v) is 10.9. The first kappa shape index (κ1) is 12.5. The minimum atomic E-state index is -0.209. The Labute approximate surface area is 111 Å². The highest BCUT2D eigenvalue weighted by Gasteiger charge is 2.31. The number of carbonyl (C=O) groups excluding carboxylic acids is 1. The van der Waals surface area contributed by atoms with Crippen molar-refractivity contribution in [3.05, 3.63) is 11.8 Å². The first-order chi connectivity index (χ1) is 9.24. The van der Waals surface area contributed by atoms with Gasteiger partial charge in [0.15, 0.2) is 0 Å². The van der Waals surface area contributed by atoms with Crippen LogP contribution in [0.3, 0.4) is 0 Å². The summed E-state index contributed by atoms with van der Waals surface area (Å²) in [6.45, 7) is 2.23. The zero-order valence-electron chi connectivity index (χ0n) is 10.9. The summed E-state index contributed by atoms with van der Waals surface area (Å²) in [4.78, 5) is 14.1. The summed E-state index contributed by atoms with van der Waals surface area (Å²) in [5, 5.41) is 3.96. The van der Waals surface area contributed by atoms with E-state index in [-0.39, 0.29) is 12.0 Å². The van der Waals surface area contributed by atoms with Crippen molar-refractivity contribution in [1.82, 2.24) is 10.1 Å². The molecule has 0 aliphatic carbocycles. The Morgan fingerprint density at radius 2 is 2.16 bits per heavy atom. The molecule has 3 heterocycles. The van der Waals surface area contributed by atoms with E-state index < -0.39 is 0 Å². The van der Waals surface area contributed by atoms with E-state index >= 15 is 0 Å². The van der Waals surface area contributed by atoms with Crippen LogP contribution in [0.4, 0.5) is 5.88 Å². The van der Waals surface area contributed by atoms with Gasteiger partial charge in [-0.1, -0.05) is 5.16 Å². The Morgan fingerprint density at radius 3 is 2.74 bits per heavy atom. The Balaban J connectivity index is 1.55. The number of likely N-dealkylation sites (tertiary alicyclic amines) is 1. The van der Waals surface area contributed by atoms with Gasteiger partial charge < -0.3 is 19.9 Å². The average molecular weight is 265 g/mol. The van der Waals surface area contributed by atoms with Gasteiger partial charge in [-0.05, 0) is 25.7 Å². The van der Waals surface area contributed by atoms with Crippen molar-refractivity contribution in [2.75, 3.05) is 25.4 Å². The van der Waals surface area contributed by atoms with Crippen molar-refractivity contribution in [2.24, 2.45) is 0 Å². The average Bonchev–Trinajstić information content (AvgIpc) is 3.09. The second kappa shape index (κ2) is 5.21. The Kier molecular flexibility index (Phi) is 3.42. The van der Waals surface area contributed by atoms with Gasteiger partial charge in [-0.2, -0.15) is 0 Å². The largest absolute Gasteiger partial charge is 0.368 e. The number of nitrogens with zero attached hydrogens (tertiary/aromatic N) is 2. The maximum absolute atomic E-state index is 12.2. The number of amides is 1. The molecule has 19 heavy (non-hydrogen) atoms. The van der Waals surface area contributed by atoms with Crippen LogP contribution in [0.1, 0.15) is 37.3 Å². The second-order valence-electron chi connectivity index (χ2n) is 5.26. The topological polar surface area (TPSA) is 81.6 Å². The molecule has 2 aliphatic heterocycles. The molecule has 0 aromatic carbocycles. The predicted molar refractivity (Wildman–Crippen MR) is 68.4 cm³/mol. The molecule has 6 heteroatoms. The van der Waals surface area contributed by atoms with Crippen molar-refractivity contribution in [3.8, 4) is 0 Å². The van der Waals surface area contributed by atoms with Crippen LogP contribution in [0, 0.1) is 0 Å². The molecule has 3 rings (SSSR count). The van der Waals surface area contributed by atoms with E-state index in [0.717, 1.165) is 44.5 Å². The number of hydrogen-bond acceptors (Lipinski definition) is 5. The first-order valence-corrected chi connectivity index (χ1v) is 6.86. The summed E-state index contributed by atoms with van der Waals surface area (Å²) in [7, 11) is 0. The van der Waals surface area contributed by atoms with Gasteiger partial charge in [0.1, 0.15) is 6.10 Å². The van der Waals surface area contributed by atoms with Crippen molar-refractivity contribution < 1.29 is 14.1 Å². The van der Waals surface area contributed by atoms with Crippen LogP contribution in [0.2, 0.25) is 0 Å². The van der Waals surface area contributed by atoms with Crippen molar-refractivity contribution >= 4 is 11.8 Å². The highest BCUT2D eigenvalue weighted by Crippen LogP contribution is 2.29. The lowest BCUT2D eigenvalue weighted by atomic mass is 9.93. The molecule has 104 valence electrons. The second-order valence-corrected chi connectivity index (χ2v) is 5.26. The molecule has 1 unspecified atom stereocenters. The van der Waals surface area contributed by atoms with Gasteiger partial charge in [0.25, 0.3) is 5.91 Å². The molecule has 0 radical (unpaired) electrons. The molecular formula is C13H19N3O3. The number of nitrogen functional groups attached to an aromatic ring is 1. The van der Waals surface area contributed by atoms with Crippen LogP contribution < -0.4 is 5.73 Å². The zero-order chi connectivity index (χ0) is 13.2. The minimum absolute atomic E-state index is 0.149. The van der Waals surface area contributed by atoms with Gasteiger partial charge in [0.2, 0.25) is 5.88 Å². The minimum Gasteiger partial charge on any atom is -0.368 e. The number of ether oxygens (including phenoxy) is 1. The number of aromatic nitrogens is 1. The molecule has 2 N–H and O–H groups in total. The highest BCUT2D eigenvalue weighted by atomic mass is 16.5. The molecule has 2 saturated heterocycles. The lowest BCUT2D eigenvalue weighted by Crippen LogP contribution is -2.43. The summed E-state index contributed by atoms with van der Waals surface area (Å²) < 4.78 is 10.3. The maximum Gasteiger partial charge on any atom is 0.251 e. The van der Waals surface area contributed by atoms with E-state index in [1.807, 2.05) is 4.90 Å². The van der Waals surface area contributed by atoms with Crippen LogP contribution in [-0.4, -0.2) is 41.8 Å². The molecular weight excluding hydrogens is 246 g/mol. The monoisotopic (exact) mass is 265 g/mol. The van der Waals surface area contributed by atoms with Crippen LogP contribution in [0.5, 0.6) is 0 Å². The van der Waals surface area contributed by atoms with Gasteiger partial charge in [-0.25, -0.2) is 0 Å². The standard InChI is InChI=1S/C13H19N3O3/c14-12-8-10(15-19-12)9-3-5-16(6-4-9)13(17)11-2-1-7-18-11/h8-9,11H,1-7,14H2. The van der Waals surface area contributed by atoms with E-state index in [9.17, 15) is 4.79 Å². The molecule has 1 aromatic heterocycles. The number of nitrogens with two attached hydrogens (primary N) is 1. The van der Waals surface area contributed by atoms with Crippen molar-refractivity contribution in [2.45, 2.75) is 37.7 Å². The van der Waals surface area contributed by atoms with E-state index in [2.05, 4.69) is 5.16 Å². The van der Waals surface area contributed by atoms with Gasteiger partial charge in [-0.15, -0.1) is 0 Å². The van der Waals surface area contributed by atoms with Gasteiger partial charge in [-0.3, -0.25) is 4.79 Å². The third-order valence-electron chi connectivity index (χ3n) is 3.98. The van der Waals surface area contributed by atoms with Crippen LogP contribution in [-0.2, 0) is 9.53 Å². The third kappa shape index (κ3) is 2.58. The van der Waals surface area contributed by atoms with Gasteiger partial charge in [0, 0.05) is 31.7 Å². The lowest BCUT2D eigenvalue weighted by Gasteiger charge is -2.32. The maximum atomic E-state index is 12.2. The van der Waals surface area contributed by atoms with E-state index in [1.165, 1.54) is 0 Å². The fourth-order valence-corrected chi connectivity index (χ4v) is 2.87. The summed E-state index contributed by atoms with van der Waals surface area (Å²) in [5.74, 6) is 0.845. The summed E-state index contributed by atoms with van der Waals surface area (Å²) in [6.07, 6.45) is 3.46. The summed E-state index contributed by atoms with van der Waals surface area (Å²) in [5.41, 5.74) is 6.44.